The van der Waals surface area contributed by atoms with Crippen molar-refractivity contribution in [3.05, 3.63) is 69.6 Å². The van der Waals surface area contributed by atoms with Gasteiger partial charge in [-0.1, -0.05) is 34.8 Å². The zero-order valence-electron chi connectivity index (χ0n) is 13.9. The SMILES string of the molecule is CC1NC=CC=C1Oc1ncc(Cl)cc1NS(=O)(=O)c1ccc(Cl)c(Cl)c1. The van der Waals surface area contributed by atoms with Crippen LogP contribution in [0.3, 0.4) is 0 Å². The second-order valence-corrected chi connectivity index (χ2v) is 8.54. The molecule has 3 rings (SSSR count). The van der Waals surface area contributed by atoms with Crippen molar-refractivity contribution in [2.24, 2.45) is 0 Å². The number of ether oxygens (including phenoxy) is 1. The lowest BCUT2D eigenvalue weighted by atomic mass is 10.2. The molecule has 0 saturated heterocycles. The molecule has 1 aliphatic rings. The quantitative estimate of drug-likeness (QED) is 0.701. The van der Waals surface area contributed by atoms with Crippen LogP contribution in [0.5, 0.6) is 5.88 Å². The summed E-state index contributed by atoms with van der Waals surface area (Å²) in [6, 6.07) is 5.31. The molecule has 1 aromatic carbocycles. The lowest BCUT2D eigenvalue weighted by molar-refractivity contribution is 0.363. The molecule has 27 heavy (non-hydrogen) atoms. The molecule has 142 valence electrons. The smallest absolute Gasteiger partial charge is 0.262 e. The maximum atomic E-state index is 12.7. The van der Waals surface area contributed by atoms with Crippen LogP contribution in [0.2, 0.25) is 15.1 Å². The standard InChI is InChI=1S/C17H14Cl3N3O3S/c1-10-16(3-2-6-21-10)26-17-15(7-11(18)9-22-17)23-27(24,25)12-4-5-13(19)14(20)8-12/h2-10,21,23H,1H3. The van der Waals surface area contributed by atoms with Crippen LogP contribution in [0.15, 0.2) is 59.5 Å². The van der Waals surface area contributed by atoms with Crippen LogP contribution in [0, 0.1) is 0 Å². The molecular weight excluding hydrogens is 433 g/mol. The van der Waals surface area contributed by atoms with Crippen molar-refractivity contribution in [3.8, 4) is 5.88 Å². The Kier molecular flexibility index (Phi) is 5.86. The Morgan fingerprint density at radius 3 is 2.67 bits per heavy atom. The topological polar surface area (TPSA) is 80.3 Å². The van der Waals surface area contributed by atoms with E-state index in [4.69, 9.17) is 39.5 Å². The number of nitrogens with zero attached hydrogens (tertiary/aromatic N) is 1. The molecule has 2 heterocycles. The van der Waals surface area contributed by atoms with Gasteiger partial charge in [-0.05, 0) is 49.5 Å². The van der Waals surface area contributed by atoms with Crippen molar-refractivity contribution in [3.63, 3.8) is 0 Å². The number of sulfonamides is 1. The molecule has 1 aliphatic heterocycles. The Balaban J connectivity index is 1.94. The van der Waals surface area contributed by atoms with Crippen molar-refractivity contribution in [1.82, 2.24) is 10.3 Å². The van der Waals surface area contributed by atoms with Gasteiger partial charge in [0.2, 0.25) is 5.88 Å². The number of rotatable bonds is 5. The predicted octanol–water partition coefficient (Wildman–Crippen LogP) is 4.61. The van der Waals surface area contributed by atoms with Gasteiger partial charge in [0.25, 0.3) is 10.0 Å². The van der Waals surface area contributed by atoms with Crippen molar-refractivity contribution in [2.45, 2.75) is 17.9 Å². The van der Waals surface area contributed by atoms with E-state index in [1.807, 2.05) is 6.92 Å². The highest BCUT2D eigenvalue weighted by Crippen LogP contribution is 2.31. The number of allylic oxidation sites excluding steroid dienone is 2. The number of nitrogens with one attached hydrogen (secondary N) is 2. The molecule has 0 radical (unpaired) electrons. The van der Waals surface area contributed by atoms with Gasteiger partial charge in [-0.15, -0.1) is 0 Å². The third kappa shape index (κ3) is 4.68. The van der Waals surface area contributed by atoms with E-state index in [1.54, 1.807) is 18.4 Å². The zero-order chi connectivity index (χ0) is 19.6. The van der Waals surface area contributed by atoms with Crippen LogP contribution >= 0.6 is 34.8 Å². The van der Waals surface area contributed by atoms with E-state index in [2.05, 4.69) is 15.0 Å². The lowest BCUT2D eigenvalue weighted by Gasteiger charge is -2.20. The Bertz CT molecular complexity index is 1040. The summed E-state index contributed by atoms with van der Waals surface area (Å²) in [6.45, 7) is 1.89. The highest BCUT2D eigenvalue weighted by Gasteiger charge is 2.21. The fourth-order valence-electron chi connectivity index (χ4n) is 2.23. The van der Waals surface area contributed by atoms with Gasteiger partial charge in [0.05, 0.1) is 26.0 Å². The minimum absolute atomic E-state index is 0.0577. The minimum atomic E-state index is -3.97. The summed E-state index contributed by atoms with van der Waals surface area (Å²) in [6.07, 6.45) is 6.67. The maximum Gasteiger partial charge on any atom is 0.262 e. The summed E-state index contributed by atoms with van der Waals surface area (Å²) in [5, 5.41) is 3.70. The van der Waals surface area contributed by atoms with Crippen LogP contribution in [0.25, 0.3) is 0 Å². The van der Waals surface area contributed by atoms with Crippen molar-refractivity contribution >= 4 is 50.5 Å². The molecule has 0 amide bonds. The molecule has 2 aromatic rings. The normalized spacial score (nSPS) is 16.4. The first-order valence-corrected chi connectivity index (χ1v) is 10.3. The molecular formula is C17H14Cl3N3O3S. The summed E-state index contributed by atoms with van der Waals surface area (Å²) >= 11 is 17.7. The van der Waals surface area contributed by atoms with E-state index < -0.39 is 10.0 Å². The van der Waals surface area contributed by atoms with Crippen LogP contribution in [0.1, 0.15) is 6.92 Å². The van der Waals surface area contributed by atoms with Gasteiger partial charge in [-0.3, -0.25) is 4.72 Å². The highest BCUT2D eigenvalue weighted by molar-refractivity contribution is 7.92. The number of pyridine rings is 1. The number of benzene rings is 1. The fraction of sp³-hybridized carbons (Fsp3) is 0.118. The summed E-state index contributed by atoms with van der Waals surface area (Å²) < 4.78 is 33.6. The molecule has 0 spiro atoms. The molecule has 6 nitrogen and oxygen atoms in total. The Labute approximate surface area is 171 Å². The van der Waals surface area contributed by atoms with Gasteiger partial charge >= 0.3 is 0 Å². The molecule has 0 aliphatic carbocycles. The van der Waals surface area contributed by atoms with Gasteiger partial charge in [-0.25, -0.2) is 13.4 Å². The average Bonchev–Trinajstić information content (AvgIpc) is 2.61. The molecule has 2 N–H and O–H groups in total. The van der Waals surface area contributed by atoms with Crippen molar-refractivity contribution < 1.29 is 13.2 Å². The zero-order valence-corrected chi connectivity index (χ0v) is 17.0. The first-order chi connectivity index (χ1) is 12.8. The minimum Gasteiger partial charge on any atom is -0.439 e. The summed E-state index contributed by atoms with van der Waals surface area (Å²) in [5.41, 5.74) is 0.0937. The Hall–Kier alpha value is -1.93. The van der Waals surface area contributed by atoms with Crippen LogP contribution in [-0.4, -0.2) is 19.4 Å². The molecule has 1 unspecified atom stereocenters. The third-order valence-corrected chi connectivity index (χ3v) is 5.92. The van der Waals surface area contributed by atoms with Crippen molar-refractivity contribution in [1.29, 1.82) is 0 Å². The summed E-state index contributed by atoms with van der Waals surface area (Å²) in [5.74, 6) is 0.639. The monoisotopic (exact) mass is 445 g/mol. The molecule has 1 atom stereocenters. The molecule has 1 aromatic heterocycles. The second kappa shape index (κ2) is 7.98. The van der Waals surface area contributed by atoms with Crippen LogP contribution in [0.4, 0.5) is 5.69 Å². The van der Waals surface area contributed by atoms with Crippen molar-refractivity contribution in [2.75, 3.05) is 4.72 Å². The van der Waals surface area contributed by atoms with E-state index in [9.17, 15) is 8.42 Å². The van der Waals surface area contributed by atoms with Gasteiger partial charge in [-0.2, -0.15) is 0 Å². The fourth-order valence-corrected chi connectivity index (χ4v) is 3.83. The van der Waals surface area contributed by atoms with E-state index in [-0.39, 0.29) is 37.6 Å². The van der Waals surface area contributed by atoms with E-state index in [0.717, 1.165) is 0 Å². The average molecular weight is 447 g/mol. The molecule has 0 fully saturated rings. The number of dihydropyridines is 1. The molecule has 0 saturated carbocycles. The second-order valence-electron chi connectivity index (χ2n) is 5.61. The number of aromatic nitrogens is 1. The molecule has 0 bridgehead atoms. The maximum absolute atomic E-state index is 12.7. The van der Waals surface area contributed by atoms with E-state index in [1.165, 1.54) is 30.5 Å². The van der Waals surface area contributed by atoms with E-state index in [0.29, 0.717) is 5.76 Å². The first kappa shape index (κ1) is 19.8. The van der Waals surface area contributed by atoms with Gasteiger partial charge < -0.3 is 10.1 Å². The summed E-state index contributed by atoms with van der Waals surface area (Å²) in [4.78, 5) is 4.04. The number of anilines is 1. The van der Waals surface area contributed by atoms with E-state index >= 15 is 0 Å². The number of hydrogen-bond acceptors (Lipinski definition) is 5. The largest absolute Gasteiger partial charge is 0.439 e. The van der Waals surface area contributed by atoms with Gasteiger partial charge in [0.1, 0.15) is 11.4 Å². The Morgan fingerprint density at radius 1 is 1.19 bits per heavy atom. The van der Waals surface area contributed by atoms with Crippen LogP contribution in [-0.2, 0) is 10.0 Å². The first-order valence-electron chi connectivity index (χ1n) is 7.70. The number of halogens is 3. The lowest BCUT2D eigenvalue weighted by Crippen LogP contribution is -2.28. The third-order valence-electron chi connectivity index (χ3n) is 3.61. The summed E-state index contributed by atoms with van der Waals surface area (Å²) in [7, 11) is -3.97. The molecule has 10 heteroatoms. The highest BCUT2D eigenvalue weighted by atomic mass is 35.5. The Morgan fingerprint density at radius 2 is 1.96 bits per heavy atom. The van der Waals surface area contributed by atoms with Crippen LogP contribution < -0.4 is 14.8 Å². The predicted molar refractivity (Wildman–Crippen MR) is 107 cm³/mol. The van der Waals surface area contributed by atoms with Gasteiger partial charge in [0, 0.05) is 6.20 Å². The number of hydrogen-bond donors (Lipinski definition) is 2. The van der Waals surface area contributed by atoms with Gasteiger partial charge in [0.15, 0.2) is 0 Å².